The van der Waals surface area contributed by atoms with Gasteiger partial charge in [-0.1, -0.05) is 6.07 Å². The number of anilines is 1. The molecule has 1 aromatic carbocycles. The molecule has 0 aliphatic rings. The fourth-order valence-electron chi connectivity index (χ4n) is 1.26. The highest BCUT2D eigenvalue weighted by Gasteiger charge is 2.20. The molecule has 0 radical (unpaired) electrons. The van der Waals surface area contributed by atoms with E-state index in [2.05, 4.69) is 4.74 Å². The van der Waals surface area contributed by atoms with Crippen LogP contribution in [0.1, 0.15) is 0 Å². The molecule has 1 unspecified atom stereocenters. The molecule has 104 valence electrons. The lowest BCUT2D eigenvalue weighted by Gasteiger charge is -2.14. The van der Waals surface area contributed by atoms with Crippen molar-refractivity contribution in [2.75, 3.05) is 19.0 Å². The first-order valence-electron chi connectivity index (χ1n) is 5.19. The Labute approximate surface area is 107 Å². The van der Waals surface area contributed by atoms with Gasteiger partial charge in [0, 0.05) is 7.11 Å². The molecule has 0 aliphatic heterocycles. The Hall–Kier alpha value is -2.22. The smallest absolute Gasteiger partial charge is 0.328 e. The van der Waals surface area contributed by atoms with Crippen molar-refractivity contribution in [2.45, 2.75) is 6.04 Å². The van der Waals surface area contributed by atoms with Gasteiger partial charge in [0.15, 0.2) is 17.7 Å². The summed E-state index contributed by atoms with van der Waals surface area (Å²) in [4.78, 5) is 22.2. The zero-order valence-electron chi connectivity index (χ0n) is 9.94. The van der Waals surface area contributed by atoms with Crippen LogP contribution in [0.2, 0.25) is 0 Å². The van der Waals surface area contributed by atoms with Crippen molar-refractivity contribution >= 4 is 17.7 Å². The van der Waals surface area contributed by atoms with Crippen LogP contribution in [0.3, 0.4) is 0 Å². The van der Waals surface area contributed by atoms with Crippen LogP contribution in [0, 0.1) is 11.6 Å². The molecule has 19 heavy (non-hydrogen) atoms. The summed E-state index contributed by atoms with van der Waals surface area (Å²) in [7, 11) is 1.27. The summed E-state index contributed by atoms with van der Waals surface area (Å²) < 4.78 is 30.7. The summed E-state index contributed by atoms with van der Waals surface area (Å²) in [6.45, 7) is -0.256. The number of carboxylic acids is 1. The molecule has 0 fully saturated rings. The molecule has 3 N–H and O–H groups in total. The number of hydrogen-bond acceptors (Lipinski definition) is 3. The average Bonchev–Trinajstić information content (AvgIpc) is 2.34. The maximum Gasteiger partial charge on any atom is 0.328 e. The standard InChI is InChI=1S/C11H12F2N2O4/c1-19-5-8(10(16)17)15-11(18)14-7-4-2-3-6(12)9(7)13/h2-4,8H,5H2,1H3,(H,16,17)(H2,14,15,18). The summed E-state index contributed by atoms with van der Waals surface area (Å²) in [5.41, 5.74) is -0.390. The summed E-state index contributed by atoms with van der Waals surface area (Å²) in [5, 5.41) is 12.8. The minimum absolute atomic E-state index is 0.256. The van der Waals surface area contributed by atoms with E-state index in [0.717, 1.165) is 12.1 Å². The first-order valence-corrected chi connectivity index (χ1v) is 5.19. The van der Waals surface area contributed by atoms with Crippen molar-refractivity contribution in [1.82, 2.24) is 5.32 Å². The number of carbonyl (C=O) groups is 2. The predicted molar refractivity (Wildman–Crippen MR) is 61.8 cm³/mol. The number of nitrogens with one attached hydrogen (secondary N) is 2. The third kappa shape index (κ3) is 4.18. The van der Waals surface area contributed by atoms with Gasteiger partial charge in [0.2, 0.25) is 0 Å². The third-order valence-corrected chi connectivity index (χ3v) is 2.14. The number of methoxy groups -OCH3 is 1. The number of hydrogen-bond donors (Lipinski definition) is 3. The molecule has 0 saturated carbocycles. The molecule has 2 amide bonds. The average molecular weight is 274 g/mol. The molecule has 1 rings (SSSR count). The minimum atomic E-state index is -1.31. The normalized spacial score (nSPS) is 11.7. The molecule has 1 aromatic rings. The number of halogens is 2. The largest absolute Gasteiger partial charge is 0.480 e. The first-order chi connectivity index (χ1) is 8.95. The van der Waals surface area contributed by atoms with E-state index in [1.165, 1.54) is 13.2 Å². The molecular formula is C11H12F2N2O4. The van der Waals surface area contributed by atoms with Gasteiger partial charge in [-0.05, 0) is 12.1 Å². The second-order valence-electron chi connectivity index (χ2n) is 3.55. The van der Waals surface area contributed by atoms with E-state index in [0.29, 0.717) is 0 Å². The van der Waals surface area contributed by atoms with Crippen molar-refractivity contribution in [3.05, 3.63) is 29.8 Å². The molecule has 0 aromatic heterocycles. The lowest BCUT2D eigenvalue weighted by Crippen LogP contribution is -2.45. The minimum Gasteiger partial charge on any atom is -0.480 e. The highest BCUT2D eigenvalue weighted by molar-refractivity contribution is 5.92. The SMILES string of the molecule is COCC(NC(=O)Nc1cccc(F)c1F)C(=O)O. The Morgan fingerprint density at radius 3 is 2.68 bits per heavy atom. The van der Waals surface area contributed by atoms with Gasteiger partial charge in [-0.3, -0.25) is 0 Å². The highest BCUT2D eigenvalue weighted by Crippen LogP contribution is 2.16. The summed E-state index contributed by atoms with van der Waals surface area (Å²) in [6, 6.07) is 0.973. The van der Waals surface area contributed by atoms with Crippen molar-refractivity contribution in [3.8, 4) is 0 Å². The zero-order chi connectivity index (χ0) is 14.4. The van der Waals surface area contributed by atoms with Crippen LogP contribution in [0.15, 0.2) is 18.2 Å². The number of amides is 2. The van der Waals surface area contributed by atoms with Crippen LogP contribution < -0.4 is 10.6 Å². The molecule has 8 heteroatoms. The predicted octanol–water partition coefficient (Wildman–Crippen LogP) is 1.19. The molecule has 1 atom stereocenters. The lowest BCUT2D eigenvalue weighted by molar-refractivity contribution is -0.140. The Morgan fingerprint density at radius 2 is 2.11 bits per heavy atom. The van der Waals surface area contributed by atoms with E-state index >= 15 is 0 Å². The first kappa shape index (κ1) is 14.8. The van der Waals surface area contributed by atoms with E-state index < -0.39 is 29.7 Å². The van der Waals surface area contributed by atoms with Crippen LogP contribution in [-0.4, -0.2) is 36.9 Å². The molecule has 0 bridgehead atoms. The van der Waals surface area contributed by atoms with Gasteiger partial charge in [-0.25, -0.2) is 18.4 Å². The van der Waals surface area contributed by atoms with Gasteiger partial charge in [0.1, 0.15) is 0 Å². The number of carboxylic acid groups (broad SMARTS) is 1. The van der Waals surface area contributed by atoms with Gasteiger partial charge in [-0.2, -0.15) is 0 Å². The van der Waals surface area contributed by atoms with E-state index in [1.54, 1.807) is 0 Å². The Kier molecular flexibility index (Phi) is 5.19. The topological polar surface area (TPSA) is 87.7 Å². The second kappa shape index (κ2) is 6.64. The van der Waals surface area contributed by atoms with E-state index in [1.807, 2.05) is 10.6 Å². The van der Waals surface area contributed by atoms with E-state index in [-0.39, 0.29) is 12.3 Å². The number of ether oxygens (including phenoxy) is 1. The highest BCUT2D eigenvalue weighted by atomic mass is 19.2. The number of carbonyl (C=O) groups excluding carboxylic acids is 1. The third-order valence-electron chi connectivity index (χ3n) is 2.14. The van der Waals surface area contributed by atoms with Gasteiger partial charge >= 0.3 is 12.0 Å². The van der Waals surface area contributed by atoms with Crippen molar-refractivity contribution < 1.29 is 28.2 Å². The monoisotopic (exact) mass is 274 g/mol. The molecule has 6 nitrogen and oxygen atoms in total. The Balaban J connectivity index is 2.69. The van der Waals surface area contributed by atoms with E-state index in [9.17, 15) is 18.4 Å². The van der Waals surface area contributed by atoms with Crippen molar-refractivity contribution in [1.29, 1.82) is 0 Å². The van der Waals surface area contributed by atoms with Gasteiger partial charge in [0.05, 0.1) is 12.3 Å². The number of urea groups is 1. The lowest BCUT2D eigenvalue weighted by atomic mass is 10.3. The van der Waals surface area contributed by atoms with E-state index in [4.69, 9.17) is 5.11 Å². The summed E-state index contributed by atoms with van der Waals surface area (Å²) in [5.74, 6) is -3.66. The van der Waals surface area contributed by atoms with Crippen LogP contribution in [0.5, 0.6) is 0 Å². The van der Waals surface area contributed by atoms with Crippen LogP contribution in [0.4, 0.5) is 19.3 Å². The van der Waals surface area contributed by atoms with Crippen molar-refractivity contribution in [3.63, 3.8) is 0 Å². The van der Waals surface area contributed by atoms with Gasteiger partial charge in [0.25, 0.3) is 0 Å². The summed E-state index contributed by atoms with van der Waals surface area (Å²) in [6.07, 6.45) is 0. The quantitative estimate of drug-likeness (QED) is 0.752. The molecule has 0 heterocycles. The van der Waals surface area contributed by atoms with Crippen LogP contribution >= 0.6 is 0 Å². The fraction of sp³-hybridized carbons (Fsp3) is 0.273. The molecule has 0 aliphatic carbocycles. The second-order valence-corrected chi connectivity index (χ2v) is 3.55. The van der Waals surface area contributed by atoms with Gasteiger partial charge in [-0.15, -0.1) is 0 Å². The Morgan fingerprint density at radius 1 is 1.42 bits per heavy atom. The number of rotatable bonds is 5. The van der Waals surface area contributed by atoms with Crippen LogP contribution in [0.25, 0.3) is 0 Å². The zero-order valence-corrected chi connectivity index (χ0v) is 9.94. The van der Waals surface area contributed by atoms with Crippen LogP contribution in [-0.2, 0) is 9.53 Å². The summed E-state index contributed by atoms with van der Waals surface area (Å²) >= 11 is 0. The van der Waals surface area contributed by atoms with Gasteiger partial charge < -0.3 is 20.5 Å². The molecule has 0 saturated heterocycles. The fourth-order valence-corrected chi connectivity index (χ4v) is 1.26. The molecular weight excluding hydrogens is 262 g/mol. The Bertz CT molecular complexity index is 482. The number of aliphatic carboxylic acids is 1. The number of benzene rings is 1. The maximum atomic E-state index is 13.2. The van der Waals surface area contributed by atoms with Crippen molar-refractivity contribution in [2.24, 2.45) is 0 Å². The maximum absolute atomic E-state index is 13.2. The molecule has 0 spiro atoms.